The van der Waals surface area contributed by atoms with Crippen LogP contribution in [0, 0.1) is 6.92 Å². The number of thiophene rings is 1. The van der Waals surface area contributed by atoms with Gasteiger partial charge >= 0.3 is 0 Å². The van der Waals surface area contributed by atoms with Crippen molar-refractivity contribution in [2.75, 3.05) is 5.88 Å². The summed E-state index contributed by atoms with van der Waals surface area (Å²) in [5, 5.41) is 4.36. The third-order valence-electron chi connectivity index (χ3n) is 3.18. The molecule has 0 nitrogen and oxygen atoms in total. The van der Waals surface area contributed by atoms with E-state index in [1.165, 1.54) is 16.7 Å². The number of alkyl halides is 1. The van der Waals surface area contributed by atoms with E-state index in [4.69, 9.17) is 11.6 Å². The lowest BCUT2D eigenvalue weighted by Gasteiger charge is -2.16. The van der Waals surface area contributed by atoms with Gasteiger partial charge in [0.2, 0.25) is 0 Å². The highest BCUT2D eigenvalue weighted by Crippen LogP contribution is 2.26. The van der Waals surface area contributed by atoms with E-state index in [1.54, 1.807) is 11.3 Å². The molecule has 1 heterocycles. The summed E-state index contributed by atoms with van der Waals surface area (Å²) in [4.78, 5) is 0. The van der Waals surface area contributed by atoms with Crippen LogP contribution in [0.4, 0.5) is 0 Å². The number of benzene rings is 1. The Morgan fingerprint density at radius 1 is 1.24 bits per heavy atom. The van der Waals surface area contributed by atoms with E-state index >= 15 is 0 Å². The van der Waals surface area contributed by atoms with Gasteiger partial charge in [0.05, 0.1) is 0 Å². The van der Waals surface area contributed by atoms with E-state index in [2.05, 4.69) is 48.0 Å². The summed E-state index contributed by atoms with van der Waals surface area (Å²) >= 11 is 7.88. The predicted octanol–water partition coefficient (Wildman–Crippen LogP) is 5.01. The van der Waals surface area contributed by atoms with Crippen molar-refractivity contribution in [2.24, 2.45) is 0 Å². The smallest absolute Gasteiger partial charge is 0.0292 e. The Kier molecular flexibility index (Phi) is 4.64. The molecule has 0 radical (unpaired) electrons. The fourth-order valence-electron chi connectivity index (χ4n) is 2.14. The fourth-order valence-corrected chi connectivity index (χ4v) is 3.16. The van der Waals surface area contributed by atoms with Crippen molar-refractivity contribution in [3.8, 4) is 0 Å². The summed E-state index contributed by atoms with van der Waals surface area (Å²) in [5.74, 6) is 1.17. The van der Waals surface area contributed by atoms with Crippen molar-refractivity contribution in [1.29, 1.82) is 0 Å². The molecular formula is C15H17ClS. The predicted molar refractivity (Wildman–Crippen MR) is 77.3 cm³/mol. The summed E-state index contributed by atoms with van der Waals surface area (Å²) in [6, 6.07) is 10.8. The van der Waals surface area contributed by atoms with Crippen LogP contribution in [0.3, 0.4) is 0 Å². The van der Waals surface area contributed by atoms with E-state index in [0.29, 0.717) is 11.8 Å². The Morgan fingerprint density at radius 3 is 2.71 bits per heavy atom. The van der Waals surface area contributed by atoms with Crippen molar-refractivity contribution < 1.29 is 0 Å². The Bertz CT molecular complexity index is 448. The lowest BCUT2D eigenvalue weighted by molar-refractivity contribution is 0.682. The van der Waals surface area contributed by atoms with Gasteiger partial charge in [-0.15, -0.1) is 11.6 Å². The molecule has 2 aromatic rings. The Balaban J connectivity index is 2.04. The van der Waals surface area contributed by atoms with Crippen LogP contribution in [0.1, 0.15) is 29.0 Å². The topological polar surface area (TPSA) is 0 Å². The minimum Gasteiger partial charge on any atom is -0.152 e. The molecule has 0 aliphatic carbocycles. The van der Waals surface area contributed by atoms with Crippen LogP contribution in [0.25, 0.3) is 0 Å². The molecule has 0 N–H and O–H groups in total. The Morgan fingerprint density at radius 2 is 2.06 bits per heavy atom. The molecule has 1 aromatic heterocycles. The van der Waals surface area contributed by atoms with Gasteiger partial charge in [-0.3, -0.25) is 0 Å². The minimum absolute atomic E-state index is 0.470. The SMILES string of the molecule is Cc1ccccc1C(CCl)CCc1ccsc1. The summed E-state index contributed by atoms with van der Waals surface area (Å²) in [6.07, 6.45) is 2.25. The molecule has 1 atom stereocenters. The van der Waals surface area contributed by atoms with E-state index in [0.717, 1.165) is 12.8 Å². The highest BCUT2D eigenvalue weighted by Gasteiger charge is 2.12. The number of halogens is 1. The molecule has 0 saturated heterocycles. The zero-order chi connectivity index (χ0) is 12.1. The number of aryl methyl sites for hydroxylation is 2. The van der Waals surface area contributed by atoms with Crippen LogP contribution < -0.4 is 0 Å². The average molecular weight is 265 g/mol. The Labute approximate surface area is 112 Å². The molecule has 0 aliphatic rings. The van der Waals surface area contributed by atoms with E-state index in [-0.39, 0.29) is 0 Å². The van der Waals surface area contributed by atoms with Crippen LogP contribution >= 0.6 is 22.9 Å². The van der Waals surface area contributed by atoms with Gasteiger partial charge in [0.15, 0.2) is 0 Å². The molecule has 90 valence electrons. The fraction of sp³-hybridized carbons (Fsp3) is 0.333. The van der Waals surface area contributed by atoms with Gasteiger partial charge in [-0.05, 0) is 59.2 Å². The summed E-state index contributed by atoms with van der Waals surface area (Å²) < 4.78 is 0. The molecule has 1 unspecified atom stereocenters. The van der Waals surface area contributed by atoms with Gasteiger partial charge in [-0.1, -0.05) is 24.3 Å². The molecule has 0 aliphatic heterocycles. The first-order chi connectivity index (χ1) is 8.31. The van der Waals surface area contributed by atoms with Crippen molar-refractivity contribution in [3.05, 3.63) is 57.8 Å². The molecule has 2 rings (SSSR count). The highest BCUT2D eigenvalue weighted by molar-refractivity contribution is 7.07. The van der Waals surface area contributed by atoms with Crippen molar-refractivity contribution >= 4 is 22.9 Å². The van der Waals surface area contributed by atoms with Gasteiger partial charge in [0.1, 0.15) is 0 Å². The van der Waals surface area contributed by atoms with Crippen LogP contribution in [0.15, 0.2) is 41.1 Å². The summed E-state index contributed by atoms with van der Waals surface area (Å²) in [5.41, 5.74) is 4.18. The van der Waals surface area contributed by atoms with Gasteiger partial charge in [0.25, 0.3) is 0 Å². The van der Waals surface area contributed by atoms with Gasteiger partial charge in [-0.2, -0.15) is 11.3 Å². The Hall–Kier alpha value is -0.790. The average Bonchev–Trinajstić information content (AvgIpc) is 2.85. The van der Waals surface area contributed by atoms with Gasteiger partial charge in [0, 0.05) is 5.88 Å². The minimum atomic E-state index is 0.470. The normalized spacial score (nSPS) is 12.6. The van der Waals surface area contributed by atoms with Crippen LogP contribution in [0.5, 0.6) is 0 Å². The molecule has 0 fully saturated rings. The van der Waals surface area contributed by atoms with Crippen molar-refractivity contribution in [3.63, 3.8) is 0 Å². The lowest BCUT2D eigenvalue weighted by atomic mass is 9.91. The number of rotatable bonds is 5. The number of hydrogen-bond acceptors (Lipinski definition) is 1. The monoisotopic (exact) mass is 264 g/mol. The first-order valence-corrected chi connectivity index (χ1v) is 7.41. The maximum Gasteiger partial charge on any atom is 0.0292 e. The molecule has 1 aromatic carbocycles. The third-order valence-corrected chi connectivity index (χ3v) is 4.28. The zero-order valence-corrected chi connectivity index (χ0v) is 11.6. The zero-order valence-electron chi connectivity index (χ0n) is 10.0. The first kappa shape index (κ1) is 12.7. The second kappa shape index (κ2) is 6.23. The third kappa shape index (κ3) is 3.34. The quantitative estimate of drug-likeness (QED) is 0.666. The van der Waals surface area contributed by atoms with E-state index in [9.17, 15) is 0 Å². The molecule has 17 heavy (non-hydrogen) atoms. The molecule has 0 bridgehead atoms. The molecule has 2 heteroatoms. The number of hydrogen-bond donors (Lipinski definition) is 0. The van der Waals surface area contributed by atoms with Crippen molar-refractivity contribution in [2.45, 2.75) is 25.7 Å². The van der Waals surface area contributed by atoms with E-state index in [1.807, 2.05) is 0 Å². The first-order valence-electron chi connectivity index (χ1n) is 5.94. The molecule has 0 spiro atoms. The van der Waals surface area contributed by atoms with Gasteiger partial charge < -0.3 is 0 Å². The van der Waals surface area contributed by atoms with Crippen molar-refractivity contribution in [1.82, 2.24) is 0 Å². The van der Waals surface area contributed by atoms with Crippen LogP contribution in [-0.2, 0) is 6.42 Å². The maximum absolute atomic E-state index is 6.12. The van der Waals surface area contributed by atoms with Gasteiger partial charge in [-0.25, -0.2) is 0 Å². The maximum atomic E-state index is 6.12. The highest BCUT2D eigenvalue weighted by atomic mass is 35.5. The molecule has 0 saturated carbocycles. The summed E-state index contributed by atoms with van der Waals surface area (Å²) in [7, 11) is 0. The second-order valence-corrected chi connectivity index (χ2v) is 5.47. The van der Waals surface area contributed by atoms with E-state index < -0.39 is 0 Å². The lowest BCUT2D eigenvalue weighted by Crippen LogP contribution is -2.04. The standard InChI is InChI=1S/C15H17ClS/c1-12-4-2-3-5-15(12)14(10-16)7-6-13-8-9-17-11-13/h2-5,8-9,11,14H,6-7,10H2,1H3. The summed E-state index contributed by atoms with van der Waals surface area (Å²) in [6.45, 7) is 2.17. The largest absolute Gasteiger partial charge is 0.152 e. The molecular weight excluding hydrogens is 248 g/mol. The van der Waals surface area contributed by atoms with Crippen LogP contribution in [-0.4, -0.2) is 5.88 Å². The molecule has 0 amide bonds. The second-order valence-electron chi connectivity index (χ2n) is 4.38. The van der Waals surface area contributed by atoms with Crippen LogP contribution in [0.2, 0.25) is 0 Å².